The molecule has 0 aromatic carbocycles. The highest BCUT2D eigenvalue weighted by Gasteiger charge is 2.07. The van der Waals surface area contributed by atoms with Gasteiger partial charge in [0.25, 0.3) is 0 Å². The van der Waals surface area contributed by atoms with Crippen LogP contribution in [0.25, 0.3) is 0 Å². The maximum atomic E-state index is 4.64. The molecule has 0 saturated carbocycles. The average molecular weight is 267 g/mol. The lowest BCUT2D eigenvalue weighted by molar-refractivity contribution is 0.798. The fourth-order valence-corrected chi connectivity index (χ4v) is 2.27. The van der Waals surface area contributed by atoms with Crippen LogP contribution in [0.5, 0.6) is 0 Å². The van der Waals surface area contributed by atoms with Gasteiger partial charge in [-0.15, -0.1) is 0 Å². The van der Waals surface area contributed by atoms with Crippen molar-refractivity contribution in [1.82, 2.24) is 9.97 Å². The SMILES string of the molecule is CCCNc1cc(C(C)C)nc(CSCCC)n1. The second kappa shape index (κ2) is 8.35. The monoisotopic (exact) mass is 267 g/mol. The third kappa shape index (κ3) is 5.25. The summed E-state index contributed by atoms with van der Waals surface area (Å²) in [6, 6.07) is 2.08. The smallest absolute Gasteiger partial charge is 0.140 e. The van der Waals surface area contributed by atoms with Gasteiger partial charge in [0.05, 0.1) is 5.75 Å². The van der Waals surface area contributed by atoms with Crippen LogP contribution in [0.3, 0.4) is 0 Å². The summed E-state index contributed by atoms with van der Waals surface area (Å²) < 4.78 is 0. The molecule has 0 aliphatic rings. The van der Waals surface area contributed by atoms with Crippen molar-refractivity contribution >= 4 is 17.6 Å². The van der Waals surface area contributed by atoms with Crippen LogP contribution in [0.1, 0.15) is 58.0 Å². The molecule has 4 heteroatoms. The highest BCUT2D eigenvalue weighted by atomic mass is 32.2. The zero-order chi connectivity index (χ0) is 13.4. The van der Waals surface area contributed by atoms with E-state index < -0.39 is 0 Å². The topological polar surface area (TPSA) is 37.8 Å². The molecule has 1 N–H and O–H groups in total. The Morgan fingerprint density at radius 3 is 2.61 bits per heavy atom. The maximum absolute atomic E-state index is 4.64. The van der Waals surface area contributed by atoms with Crippen molar-refractivity contribution in [3.05, 3.63) is 17.6 Å². The first-order chi connectivity index (χ1) is 8.67. The van der Waals surface area contributed by atoms with E-state index >= 15 is 0 Å². The van der Waals surface area contributed by atoms with Gasteiger partial charge in [-0.2, -0.15) is 11.8 Å². The first-order valence-electron chi connectivity index (χ1n) is 6.86. The lowest BCUT2D eigenvalue weighted by atomic mass is 10.1. The number of hydrogen-bond donors (Lipinski definition) is 1. The Kier molecular flexibility index (Phi) is 7.09. The standard InChI is InChI=1S/C14H25N3S/c1-5-7-15-13-9-12(11(3)4)16-14(17-13)10-18-8-6-2/h9,11H,5-8,10H2,1-4H3,(H,15,16,17). The van der Waals surface area contributed by atoms with Crippen LogP contribution >= 0.6 is 11.8 Å². The van der Waals surface area contributed by atoms with Gasteiger partial charge in [-0.25, -0.2) is 9.97 Å². The summed E-state index contributed by atoms with van der Waals surface area (Å²) in [5.41, 5.74) is 1.13. The van der Waals surface area contributed by atoms with Crippen LogP contribution in [-0.4, -0.2) is 22.3 Å². The number of aromatic nitrogens is 2. The van der Waals surface area contributed by atoms with Gasteiger partial charge in [0.15, 0.2) is 0 Å². The molecular formula is C14H25N3S. The lowest BCUT2D eigenvalue weighted by Crippen LogP contribution is -2.07. The van der Waals surface area contributed by atoms with Crippen molar-refractivity contribution in [2.24, 2.45) is 0 Å². The zero-order valence-electron chi connectivity index (χ0n) is 12.0. The highest BCUT2D eigenvalue weighted by Crippen LogP contribution is 2.18. The van der Waals surface area contributed by atoms with Crippen LogP contribution in [0.15, 0.2) is 6.07 Å². The molecule has 0 fully saturated rings. The molecule has 1 heterocycles. The third-order valence-electron chi connectivity index (χ3n) is 2.52. The molecule has 18 heavy (non-hydrogen) atoms. The van der Waals surface area contributed by atoms with Gasteiger partial charge in [-0.1, -0.05) is 27.7 Å². The molecule has 0 saturated heterocycles. The number of hydrogen-bond acceptors (Lipinski definition) is 4. The predicted octanol–water partition coefficient (Wildman–Crippen LogP) is 4.07. The first-order valence-corrected chi connectivity index (χ1v) is 8.02. The molecule has 0 atom stereocenters. The van der Waals surface area contributed by atoms with E-state index in [1.54, 1.807) is 0 Å². The van der Waals surface area contributed by atoms with E-state index in [1.165, 1.54) is 12.2 Å². The molecule has 0 aliphatic heterocycles. The zero-order valence-corrected chi connectivity index (χ0v) is 12.8. The maximum Gasteiger partial charge on any atom is 0.140 e. The minimum Gasteiger partial charge on any atom is -0.370 e. The van der Waals surface area contributed by atoms with E-state index in [-0.39, 0.29) is 0 Å². The van der Waals surface area contributed by atoms with Crippen molar-refractivity contribution in [2.45, 2.75) is 52.2 Å². The Labute approximate surface area is 115 Å². The van der Waals surface area contributed by atoms with Gasteiger partial charge in [0.1, 0.15) is 11.6 Å². The number of rotatable bonds is 8. The van der Waals surface area contributed by atoms with E-state index in [4.69, 9.17) is 0 Å². The highest BCUT2D eigenvalue weighted by molar-refractivity contribution is 7.98. The predicted molar refractivity (Wildman–Crippen MR) is 81.4 cm³/mol. The van der Waals surface area contributed by atoms with Gasteiger partial charge in [0.2, 0.25) is 0 Å². The van der Waals surface area contributed by atoms with Crippen molar-refractivity contribution in [3.8, 4) is 0 Å². The quantitative estimate of drug-likeness (QED) is 0.721. The van der Waals surface area contributed by atoms with Gasteiger partial charge < -0.3 is 5.32 Å². The van der Waals surface area contributed by atoms with Gasteiger partial charge in [-0.05, 0) is 24.5 Å². The Hall–Kier alpha value is -0.770. The minimum absolute atomic E-state index is 0.449. The normalized spacial score (nSPS) is 10.9. The van der Waals surface area contributed by atoms with E-state index in [2.05, 4.69) is 49.0 Å². The molecule has 0 amide bonds. The lowest BCUT2D eigenvalue weighted by Gasteiger charge is -2.11. The summed E-state index contributed by atoms with van der Waals surface area (Å²) in [6.45, 7) is 9.68. The van der Waals surface area contributed by atoms with Gasteiger partial charge in [0, 0.05) is 18.3 Å². The van der Waals surface area contributed by atoms with Crippen LogP contribution in [0, 0.1) is 0 Å². The van der Waals surface area contributed by atoms with E-state index in [1.807, 2.05) is 11.8 Å². The van der Waals surface area contributed by atoms with E-state index in [9.17, 15) is 0 Å². The molecule has 1 rings (SSSR count). The molecule has 0 bridgehead atoms. The molecule has 0 aliphatic carbocycles. The van der Waals surface area contributed by atoms with E-state index in [0.29, 0.717) is 5.92 Å². The fraction of sp³-hybridized carbons (Fsp3) is 0.714. The summed E-state index contributed by atoms with van der Waals surface area (Å²) in [6.07, 6.45) is 2.32. The first kappa shape index (κ1) is 15.3. The van der Waals surface area contributed by atoms with Crippen LogP contribution < -0.4 is 5.32 Å². The molecule has 0 unspecified atom stereocenters. The number of nitrogens with zero attached hydrogens (tertiary/aromatic N) is 2. The van der Waals surface area contributed by atoms with Gasteiger partial charge in [-0.3, -0.25) is 0 Å². The summed E-state index contributed by atoms with van der Waals surface area (Å²) >= 11 is 1.91. The molecule has 0 radical (unpaired) electrons. The molecular weight excluding hydrogens is 242 g/mol. The van der Waals surface area contributed by atoms with Crippen LogP contribution in [0.4, 0.5) is 5.82 Å². The Morgan fingerprint density at radius 1 is 1.22 bits per heavy atom. The number of thioether (sulfide) groups is 1. The molecule has 1 aromatic rings. The van der Waals surface area contributed by atoms with E-state index in [0.717, 1.165) is 36.1 Å². The molecule has 3 nitrogen and oxygen atoms in total. The fourth-order valence-electron chi connectivity index (χ4n) is 1.53. The van der Waals surface area contributed by atoms with Crippen molar-refractivity contribution in [1.29, 1.82) is 0 Å². The summed E-state index contributed by atoms with van der Waals surface area (Å²) in [7, 11) is 0. The van der Waals surface area contributed by atoms with Crippen molar-refractivity contribution in [2.75, 3.05) is 17.6 Å². The van der Waals surface area contributed by atoms with Crippen LogP contribution in [0.2, 0.25) is 0 Å². The number of anilines is 1. The van der Waals surface area contributed by atoms with Crippen LogP contribution in [-0.2, 0) is 5.75 Å². The molecule has 102 valence electrons. The second-order valence-corrected chi connectivity index (χ2v) is 5.83. The summed E-state index contributed by atoms with van der Waals surface area (Å²) in [5.74, 6) is 4.47. The molecule has 1 aromatic heterocycles. The van der Waals surface area contributed by atoms with Crippen molar-refractivity contribution < 1.29 is 0 Å². The third-order valence-corrected chi connectivity index (χ3v) is 3.68. The summed E-state index contributed by atoms with van der Waals surface area (Å²) in [4.78, 5) is 9.22. The second-order valence-electron chi connectivity index (χ2n) is 4.73. The Bertz CT molecular complexity index is 353. The Balaban J connectivity index is 2.77. The minimum atomic E-state index is 0.449. The van der Waals surface area contributed by atoms with Crippen molar-refractivity contribution in [3.63, 3.8) is 0 Å². The van der Waals surface area contributed by atoms with Gasteiger partial charge >= 0.3 is 0 Å². The molecule has 0 spiro atoms. The number of nitrogens with one attached hydrogen (secondary N) is 1. The summed E-state index contributed by atoms with van der Waals surface area (Å²) in [5, 5.41) is 3.36. The largest absolute Gasteiger partial charge is 0.370 e. The Morgan fingerprint density at radius 2 is 2.00 bits per heavy atom. The average Bonchev–Trinajstić information content (AvgIpc) is 2.36.